The Labute approximate surface area is 222 Å². The molecule has 0 heterocycles. The molecule has 0 N–H and O–H groups in total. The van der Waals surface area contributed by atoms with Gasteiger partial charge in [0, 0.05) is 0 Å². The number of hydrogen-bond donors (Lipinski definition) is 0. The molecule has 6 aromatic carbocycles. The Morgan fingerprint density at radius 3 is 1.13 bits per heavy atom. The Balaban J connectivity index is 1.07. The average Bonchev–Trinajstić information content (AvgIpc) is 3.67. The highest BCUT2D eigenvalue weighted by Crippen LogP contribution is 2.50. The van der Waals surface area contributed by atoms with Crippen LogP contribution in [0.25, 0.3) is 55.3 Å². The third-order valence-corrected chi connectivity index (χ3v) is 9.66. The van der Waals surface area contributed by atoms with E-state index in [1.165, 1.54) is 99.8 Å². The molecular weight excluding hydrogens is 456 g/mol. The van der Waals surface area contributed by atoms with Crippen molar-refractivity contribution in [3.05, 3.63) is 142 Å². The molecular formula is C38H24. The van der Waals surface area contributed by atoms with Crippen molar-refractivity contribution in [2.24, 2.45) is 0 Å². The lowest BCUT2D eigenvalue weighted by Crippen LogP contribution is -1.87. The molecule has 0 spiro atoms. The third kappa shape index (κ3) is 2.46. The molecule has 0 bridgehead atoms. The molecule has 0 radical (unpaired) electrons. The minimum atomic E-state index is 1.04. The minimum Gasteiger partial charge on any atom is -0.0619 e. The zero-order valence-corrected chi connectivity index (χ0v) is 21.1. The van der Waals surface area contributed by atoms with Crippen molar-refractivity contribution in [2.75, 3.05) is 0 Å². The van der Waals surface area contributed by atoms with E-state index >= 15 is 0 Å². The van der Waals surface area contributed by atoms with Gasteiger partial charge in [-0.3, -0.25) is 0 Å². The van der Waals surface area contributed by atoms with Crippen LogP contribution in [0.3, 0.4) is 0 Å². The fraction of sp³-hybridized carbons (Fsp3) is 0.105. The maximum atomic E-state index is 2.53. The zero-order valence-electron chi connectivity index (χ0n) is 21.1. The molecule has 0 fully saturated rings. The van der Waals surface area contributed by atoms with Gasteiger partial charge in [0.05, 0.1) is 0 Å². The topological polar surface area (TPSA) is 0 Å². The molecule has 4 aliphatic carbocycles. The SMILES string of the molecule is c1ccc2c(c1)Cc1cc3c(cc1-2)Cc1cc2c(cc1-3)Cc1cc3c(cc1-2)Cc1cc2ccccc2cc1-3. The van der Waals surface area contributed by atoms with Gasteiger partial charge in [-0.25, -0.2) is 0 Å². The molecule has 0 atom stereocenters. The van der Waals surface area contributed by atoms with Crippen LogP contribution in [-0.2, 0) is 25.7 Å². The van der Waals surface area contributed by atoms with Gasteiger partial charge in [0.15, 0.2) is 0 Å². The fourth-order valence-corrected chi connectivity index (χ4v) is 7.89. The first-order chi connectivity index (χ1) is 18.8. The highest BCUT2D eigenvalue weighted by molar-refractivity contribution is 5.94. The van der Waals surface area contributed by atoms with Crippen molar-refractivity contribution in [1.82, 2.24) is 0 Å². The summed E-state index contributed by atoms with van der Waals surface area (Å²) in [7, 11) is 0. The summed E-state index contributed by atoms with van der Waals surface area (Å²) in [5.41, 5.74) is 23.5. The summed E-state index contributed by atoms with van der Waals surface area (Å²) in [5, 5.41) is 2.69. The second kappa shape index (κ2) is 6.71. The molecule has 0 aromatic heterocycles. The van der Waals surface area contributed by atoms with E-state index < -0.39 is 0 Å². The largest absolute Gasteiger partial charge is 0.0619 e. The van der Waals surface area contributed by atoms with Crippen LogP contribution in [0.5, 0.6) is 0 Å². The summed E-state index contributed by atoms with van der Waals surface area (Å²) in [4.78, 5) is 0. The quantitative estimate of drug-likeness (QED) is 0.203. The highest BCUT2D eigenvalue weighted by Gasteiger charge is 2.30. The van der Waals surface area contributed by atoms with E-state index in [-0.39, 0.29) is 0 Å². The maximum absolute atomic E-state index is 2.53. The van der Waals surface area contributed by atoms with E-state index in [1.807, 2.05) is 0 Å². The zero-order chi connectivity index (χ0) is 24.5. The number of benzene rings is 6. The predicted octanol–water partition coefficient (Wildman–Crippen LogP) is 9.12. The monoisotopic (exact) mass is 480 g/mol. The fourth-order valence-electron chi connectivity index (χ4n) is 7.89. The van der Waals surface area contributed by atoms with Crippen molar-refractivity contribution >= 4 is 10.8 Å². The number of fused-ring (bicyclic) bond motifs is 13. The maximum Gasteiger partial charge on any atom is -0.00130 e. The van der Waals surface area contributed by atoms with Crippen LogP contribution in [0.15, 0.2) is 97.1 Å². The summed E-state index contributed by atoms with van der Waals surface area (Å²) in [6.45, 7) is 0. The van der Waals surface area contributed by atoms with Crippen LogP contribution in [0.1, 0.15) is 44.5 Å². The van der Waals surface area contributed by atoms with Gasteiger partial charge in [-0.15, -0.1) is 0 Å². The Hall–Kier alpha value is -4.42. The normalized spacial score (nSPS) is 14.4. The van der Waals surface area contributed by atoms with E-state index in [0.29, 0.717) is 0 Å². The first-order valence-electron chi connectivity index (χ1n) is 13.9. The molecule has 0 unspecified atom stereocenters. The molecule has 0 saturated carbocycles. The van der Waals surface area contributed by atoms with Crippen LogP contribution < -0.4 is 0 Å². The summed E-state index contributed by atoms with van der Waals surface area (Å²) in [6, 6.07) is 37.6. The molecule has 0 aliphatic heterocycles. The second-order valence-electron chi connectivity index (χ2n) is 11.7. The average molecular weight is 481 g/mol. The predicted molar refractivity (Wildman–Crippen MR) is 157 cm³/mol. The lowest BCUT2D eigenvalue weighted by Gasteiger charge is -2.09. The molecule has 0 heteroatoms. The van der Waals surface area contributed by atoms with Gasteiger partial charge in [0.2, 0.25) is 0 Å². The number of rotatable bonds is 0. The Bertz CT molecular complexity index is 2070. The Kier molecular flexibility index (Phi) is 3.47. The van der Waals surface area contributed by atoms with Gasteiger partial charge in [-0.05, 0) is 168 Å². The van der Waals surface area contributed by atoms with E-state index in [2.05, 4.69) is 97.1 Å². The van der Waals surface area contributed by atoms with Gasteiger partial charge in [-0.1, -0.05) is 54.6 Å². The van der Waals surface area contributed by atoms with E-state index in [0.717, 1.165) is 25.7 Å². The van der Waals surface area contributed by atoms with Gasteiger partial charge < -0.3 is 0 Å². The molecule has 4 aliphatic rings. The lowest BCUT2D eigenvalue weighted by atomic mass is 9.95. The van der Waals surface area contributed by atoms with Gasteiger partial charge >= 0.3 is 0 Å². The van der Waals surface area contributed by atoms with Crippen molar-refractivity contribution in [1.29, 1.82) is 0 Å². The molecule has 6 aromatic rings. The van der Waals surface area contributed by atoms with Crippen molar-refractivity contribution in [3.8, 4) is 44.5 Å². The highest BCUT2D eigenvalue weighted by atomic mass is 14.3. The Morgan fingerprint density at radius 2 is 0.605 bits per heavy atom. The van der Waals surface area contributed by atoms with Crippen LogP contribution in [0, 0.1) is 0 Å². The molecule has 0 saturated heterocycles. The smallest absolute Gasteiger partial charge is 0.00130 e. The summed E-state index contributed by atoms with van der Waals surface area (Å²) in [5.74, 6) is 0. The molecule has 176 valence electrons. The first-order valence-corrected chi connectivity index (χ1v) is 13.9. The van der Waals surface area contributed by atoms with Crippen LogP contribution in [0.4, 0.5) is 0 Å². The standard InChI is InChI=1S/C38H24/c1-2-6-22-14-33-24(9-21(22)5-1)11-26-17-36-29(18-34(26)33)13-30-20-37-28(19-38(30)36)12-27-15-32-25(16-35(27)37)10-23-7-3-4-8-31(23)32/h1-9,14-20H,10-13H2. The van der Waals surface area contributed by atoms with Crippen molar-refractivity contribution < 1.29 is 0 Å². The van der Waals surface area contributed by atoms with Crippen molar-refractivity contribution in [3.63, 3.8) is 0 Å². The molecule has 0 nitrogen and oxygen atoms in total. The van der Waals surface area contributed by atoms with Gasteiger partial charge in [-0.2, -0.15) is 0 Å². The van der Waals surface area contributed by atoms with Gasteiger partial charge in [0.25, 0.3) is 0 Å². The van der Waals surface area contributed by atoms with Crippen LogP contribution in [0.2, 0.25) is 0 Å². The number of hydrogen-bond acceptors (Lipinski definition) is 0. The summed E-state index contributed by atoms with van der Waals surface area (Å²) >= 11 is 0. The van der Waals surface area contributed by atoms with Crippen molar-refractivity contribution in [2.45, 2.75) is 25.7 Å². The molecule has 10 rings (SSSR count). The first kappa shape index (κ1) is 19.7. The van der Waals surface area contributed by atoms with E-state index in [1.54, 1.807) is 0 Å². The molecule has 0 amide bonds. The summed E-state index contributed by atoms with van der Waals surface area (Å²) < 4.78 is 0. The van der Waals surface area contributed by atoms with E-state index in [4.69, 9.17) is 0 Å². The lowest BCUT2D eigenvalue weighted by molar-refractivity contribution is 1.23. The van der Waals surface area contributed by atoms with Crippen LogP contribution in [-0.4, -0.2) is 0 Å². The van der Waals surface area contributed by atoms with E-state index in [9.17, 15) is 0 Å². The van der Waals surface area contributed by atoms with Gasteiger partial charge in [0.1, 0.15) is 0 Å². The molecule has 38 heavy (non-hydrogen) atoms. The minimum absolute atomic E-state index is 1.04. The van der Waals surface area contributed by atoms with Crippen LogP contribution >= 0.6 is 0 Å². The Morgan fingerprint density at radius 1 is 0.263 bits per heavy atom. The second-order valence-corrected chi connectivity index (χ2v) is 11.7. The third-order valence-electron chi connectivity index (χ3n) is 9.66. The summed E-state index contributed by atoms with van der Waals surface area (Å²) in [6.07, 6.45) is 4.19.